The highest BCUT2D eigenvalue weighted by Crippen LogP contribution is 2.21. The van der Waals surface area contributed by atoms with Crippen LogP contribution in [0.15, 0.2) is 36.5 Å². The molecule has 6 heteroatoms. The van der Waals surface area contributed by atoms with E-state index in [1.54, 1.807) is 19.1 Å². The van der Waals surface area contributed by atoms with E-state index in [0.717, 1.165) is 5.56 Å². The topological polar surface area (TPSA) is 68.1 Å². The number of hydrogen-bond acceptors (Lipinski definition) is 4. The van der Waals surface area contributed by atoms with Crippen LogP contribution < -0.4 is 5.32 Å². The number of pyridine rings is 1. The second-order valence-corrected chi connectivity index (χ2v) is 4.54. The number of nitrogens with one attached hydrogen (secondary N) is 1. The van der Waals surface area contributed by atoms with Crippen LogP contribution in [0.2, 0.25) is 0 Å². The normalized spacial score (nSPS) is 11.9. The van der Waals surface area contributed by atoms with Crippen molar-refractivity contribution < 1.29 is 9.31 Å². The van der Waals surface area contributed by atoms with E-state index in [2.05, 4.69) is 10.3 Å². The number of aromatic nitrogens is 1. The Bertz CT molecular complexity index is 629. The van der Waals surface area contributed by atoms with Crippen LogP contribution in [0.4, 0.5) is 15.9 Å². The SMILES string of the molecule is Cc1ccc(C(C)Nc2ccc([N+](=O)[O-])nc2)cc1F. The largest absolute Gasteiger partial charge is 0.375 e. The minimum absolute atomic E-state index is 0.131. The van der Waals surface area contributed by atoms with Gasteiger partial charge in [-0.3, -0.25) is 0 Å². The molecule has 2 aromatic rings. The fourth-order valence-electron chi connectivity index (χ4n) is 1.79. The van der Waals surface area contributed by atoms with Crippen LogP contribution in [-0.2, 0) is 0 Å². The molecule has 1 N–H and O–H groups in total. The lowest BCUT2D eigenvalue weighted by molar-refractivity contribution is -0.389. The highest BCUT2D eigenvalue weighted by atomic mass is 19.1. The number of aryl methyl sites for hydroxylation is 1. The smallest absolute Gasteiger partial charge is 0.363 e. The van der Waals surface area contributed by atoms with Crippen molar-refractivity contribution in [3.05, 3.63) is 63.6 Å². The van der Waals surface area contributed by atoms with Crippen LogP contribution in [-0.4, -0.2) is 9.91 Å². The Hall–Kier alpha value is -2.50. The third kappa shape index (κ3) is 3.09. The maximum atomic E-state index is 13.5. The first-order valence-corrected chi connectivity index (χ1v) is 6.10. The molecule has 1 aromatic carbocycles. The van der Waals surface area contributed by atoms with Gasteiger partial charge < -0.3 is 15.4 Å². The van der Waals surface area contributed by atoms with Crippen LogP contribution in [0.25, 0.3) is 0 Å². The lowest BCUT2D eigenvalue weighted by Crippen LogP contribution is -2.07. The summed E-state index contributed by atoms with van der Waals surface area (Å²) < 4.78 is 13.5. The zero-order valence-corrected chi connectivity index (χ0v) is 11.1. The molecule has 0 radical (unpaired) electrons. The fraction of sp³-hybridized carbons (Fsp3) is 0.214. The molecular weight excluding hydrogens is 261 g/mol. The van der Waals surface area contributed by atoms with Crippen molar-refractivity contribution in [1.29, 1.82) is 0 Å². The predicted molar refractivity (Wildman–Crippen MR) is 74.1 cm³/mol. The number of halogens is 1. The van der Waals surface area contributed by atoms with E-state index in [0.29, 0.717) is 11.3 Å². The first-order valence-electron chi connectivity index (χ1n) is 6.10. The fourth-order valence-corrected chi connectivity index (χ4v) is 1.79. The van der Waals surface area contributed by atoms with Crippen molar-refractivity contribution in [3.8, 4) is 0 Å². The molecule has 1 heterocycles. The van der Waals surface area contributed by atoms with E-state index >= 15 is 0 Å². The average molecular weight is 275 g/mol. The summed E-state index contributed by atoms with van der Waals surface area (Å²) in [4.78, 5) is 13.7. The highest BCUT2D eigenvalue weighted by molar-refractivity contribution is 5.45. The third-order valence-corrected chi connectivity index (χ3v) is 3.01. The number of rotatable bonds is 4. The Morgan fingerprint density at radius 2 is 2.10 bits per heavy atom. The molecule has 0 amide bonds. The third-order valence-electron chi connectivity index (χ3n) is 3.01. The van der Waals surface area contributed by atoms with Gasteiger partial charge >= 0.3 is 5.82 Å². The summed E-state index contributed by atoms with van der Waals surface area (Å²) >= 11 is 0. The van der Waals surface area contributed by atoms with Gasteiger partial charge in [0.05, 0.1) is 5.69 Å². The van der Waals surface area contributed by atoms with E-state index < -0.39 is 4.92 Å². The van der Waals surface area contributed by atoms with Crippen molar-refractivity contribution in [2.24, 2.45) is 0 Å². The molecule has 0 saturated carbocycles. The Kier molecular flexibility index (Phi) is 3.93. The Morgan fingerprint density at radius 1 is 1.35 bits per heavy atom. The minimum Gasteiger partial charge on any atom is -0.375 e. The molecule has 5 nitrogen and oxygen atoms in total. The molecule has 1 atom stereocenters. The van der Waals surface area contributed by atoms with Gasteiger partial charge in [0.15, 0.2) is 6.20 Å². The standard InChI is InChI=1S/C14H14FN3O2/c1-9-3-4-11(7-13(9)15)10(2)17-12-5-6-14(16-8-12)18(19)20/h3-8,10,17H,1-2H3. The van der Waals surface area contributed by atoms with Crippen molar-refractivity contribution in [3.63, 3.8) is 0 Å². The molecule has 0 spiro atoms. The van der Waals surface area contributed by atoms with Crippen LogP contribution in [0.3, 0.4) is 0 Å². The molecule has 2 rings (SSSR count). The number of benzene rings is 1. The van der Waals surface area contributed by atoms with Gasteiger partial charge in [-0.15, -0.1) is 0 Å². The van der Waals surface area contributed by atoms with Crippen LogP contribution >= 0.6 is 0 Å². The zero-order chi connectivity index (χ0) is 14.7. The maximum Gasteiger partial charge on any atom is 0.363 e. The highest BCUT2D eigenvalue weighted by Gasteiger charge is 2.10. The summed E-state index contributed by atoms with van der Waals surface area (Å²) in [6, 6.07) is 7.81. The average Bonchev–Trinajstić information content (AvgIpc) is 2.42. The number of anilines is 1. The minimum atomic E-state index is -0.553. The van der Waals surface area contributed by atoms with Crippen molar-refractivity contribution >= 4 is 11.5 Å². The summed E-state index contributed by atoms with van der Waals surface area (Å²) in [6.45, 7) is 3.59. The monoisotopic (exact) mass is 275 g/mol. The van der Waals surface area contributed by atoms with Gasteiger partial charge in [-0.2, -0.15) is 0 Å². The lowest BCUT2D eigenvalue weighted by atomic mass is 10.1. The van der Waals surface area contributed by atoms with E-state index in [1.165, 1.54) is 18.3 Å². The molecule has 1 unspecified atom stereocenters. The Balaban J connectivity index is 2.12. The van der Waals surface area contributed by atoms with Crippen LogP contribution in [0.1, 0.15) is 24.1 Å². The number of nitrogens with zero attached hydrogens (tertiary/aromatic N) is 2. The molecule has 0 aliphatic heterocycles. The van der Waals surface area contributed by atoms with Gasteiger partial charge in [0, 0.05) is 12.1 Å². The number of hydrogen-bond donors (Lipinski definition) is 1. The summed E-state index contributed by atoms with van der Waals surface area (Å²) in [5, 5.41) is 13.6. The van der Waals surface area contributed by atoms with Gasteiger partial charge in [0.2, 0.25) is 0 Å². The van der Waals surface area contributed by atoms with E-state index in [-0.39, 0.29) is 17.7 Å². The van der Waals surface area contributed by atoms with E-state index in [9.17, 15) is 14.5 Å². The molecule has 0 aliphatic rings. The van der Waals surface area contributed by atoms with Gasteiger partial charge in [-0.1, -0.05) is 12.1 Å². The summed E-state index contributed by atoms with van der Waals surface area (Å²) in [6.07, 6.45) is 1.39. The van der Waals surface area contributed by atoms with Gasteiger partial charge in [-0.25, -0.2) is 4.39 Å². The quantitative estimate of drug-likeness (QED) is 0.683. The molecule has 0 saturated heterocycles. The van der Waals surface area contributed by atoms with Crippen molar-refractivity contribution in [2.45, 2.75) is 19.9 Å². The molecular formula is C14H14FN3O2. The second-order valence-electron chi connectivity index (χ2n) is 4.54. The molecule has 20 heavy (non-hydrogen) atoms. The summed E-state index contributed by atoms with van der Waals surface area (Å²) in [7, 11) is 0. The Morgan fingerprint density at radius 3 is 2.65 bits per heavy atom. The molecule has 0 fully saturated rings. The van der Waals surface area contributed by atoms with Gasteiger partial charge in [0.25, 0.3) is 0 Å². The molecule has 104 valence electrons. The van der Waals surface area contributed by atoms with Crippen molar-refractivity contribution in [1.82, 2.24) is 4.98 Å². The maximum absolute atomic E-state index is 13.5. The van der Waals surface area contributed by atoms with Crippen LogP contribution in [0.5, 0.6) is 0 Å². The molecule has 0 bridgehead atoms. The predicted octanol–water partition coefficient (Wildman–Crippen LogP) is 3.61. The summed E-state index contributed by atoms with van der Waals surface area (Å²) in [5.74, 6) is -0.456. The van der Waals surface area contributed by atoms with E-state index in [1.807, 2.05) is 13.0 Å². The second kappa shape index (κ2) is 5.64. The van der Waals surface area contributed by atoms with Crippen molar-refractivity contribution in [2.75, 3.05) is 5.32 Å². The lowest BCUT2D eigenvalue weighted by Gasteiger charge is -2.15. The molecule has 1 aromatic heterocycles. The summed E-state index contributed by atoms with van der Waals surface area (Å²) in [5.41, 5.74) is 2.04. The van der Waals surface area contributed by atoms with Gasteiger partial charge in [-0.05, 0) is 47.0 Å². The first-order chi connectivity index (χ1) is 9.47. The van der Waals surface area contributed by atoms with E-state index in [4.69, 9.17) is 0 Å². The zero-order valence-electron chi connectivity index (χ0n) is 11.1. The van der Waals surface area contributed by atoms with Crippen LogP contribution in [0, 0.1) is 22.9 Å². The number of nitro groups is 1. The Labute approximate surface area is 115 Å². The first kappa shape index (κ1) is 13.9. The van der Waals surface area contributed by atoms with Gasteiger partial charge in [0.1, 0.15) is 5.82 Å². The molecule has 0 aliphatic carbocycles.